The first-order valence-corrected chi connectivity index (χ1v) is 10.4. The monoisotopic (exact) mass is 423 g/mol. The summed E-state index contributed by atoms with van der Waals surface area (Å²) in [4.78, 5) is 28.1. The molecular weight excluding hydrogens is 406 g/mol. The Balaban J connectivity index is 1.74. The molecule has 0 fully saturated rings. The molecule has 0 aliphatic carbocycles. The molecule has 0 radical (unpaired) electrons. The molecule has 0 spiro atoms. The molecule has 1 atom stereocenters. The molecule has 2 heterocycles. The molecule has 0 bridgehead atoms. The Morgan fingerprint density at radius 3 is 2.45 bits per heavy atom. The van der Waals surface area contributed by atoms with Crippen LogP contribution in [0.4, 0.5) is 0 Å². The van der Waals surface area contributed by atoms with Crippen molar-refractivity contribution in [2.75, 3.05) is 6.54 Å². The lowest BCUT2D eigenvalue weighted by atomic mass is 9.95. The molecule has 146 valence electrons. The van der Waals surface area contributed by atoms with Crippen molar-refractivity contribution in [3.8, 4) is 0 Å². The minimum atomic E-state index is -0.727. The summed E-state index contributed by atoms with van der Waals surface area (Å²) in [6, 6.07) is 19.6. The standard InChI is InChI=1S/C23H18ClNO3S/c24-17-10-5-4-9-16(17)20-19(21(26)18-11-6-14-29-18)22(27)23(28)25(20)13-12-15-7-2-1-3-8-15/h1-11,14,20,27H,12-13H2. The highest BCUT2D eigenvalue weighted by molar-refractivity contribution is 7.12. The van der Waals surface area contributed by atoms with E-state index in [0.29, 0.717) is 28.4 Å². The Kier molecular flexibility index (Phi) is 5.51. The zero-order valence-corrected chi connectivity index (χ0v) is 17.0. The normalized spacial score (nSPS) is 16.5. The molecule has 1 amide bonds. The zero-order chi connectivity index (χ0) is 20.4. The SMILES string of the molecule is O=C(C1=C(O)C(=O)N(CCc2ccccc2)C1c1ccccc1Cl)c1cccs1. The number of thiophene rings is 1. The van der Waals surface area contributed by atoms with Crippen molar-refractivity contribution in [3.63, 3.8) is 0 Å². The van der Waals surface area contributed by atoms with Crippen LogP contribution in [-0.4, -0.2) is 28.2 Å². The number of amides is 1. The molecule has 6 heteroatoms. The molecule has 1 aliphatic heterocycles. The second kappa shape index (κ2) is 8.23. The topological polar surface area (TPSA) is 57.6 Å². The van der Waals surface area contributed by atoms with Gasteiger partial charge in [-0.15, -0.1) is 11.3 Å². The van der Waals surface area contributed by atoms with Crippen LogP contribution in [0.25, 0.3) is 0 Å². The first kappa shape index (κ1) is 19.4. The van der Waals surface area contributed by atoms with Crippen molar-refractivity contribution in [3.05, 3.63) is 104 Å². The third kappa shape index (κ3) is 3.71. The van der Waals surface area contributed by atoms with Gasteiger partial charge < -0.3 is 10.0 Å². The predicted octanol–water partition coefficient (Wildman–Crippen LogP) is 5.22. The van der Waals surface area contributed by atoms with Gasteiger partial charge >= 0.3 is 0 Å². The highest BCUT2D eigenvalue weighted by Crippen LogP contribution is 2.41. The van der Waals surface area contributed by atoms with E-state index in [0.717, 1.165) is 5.56 Å². The summed E-state index contributed by atoms with van der Waals surface area (Å²) in [5, 5.41) is 12.9. The number of aliphatic hydroxyl groups excluding tert-OH is 1. The van der Waals surface area contributed by atoms with Crippen LogP contribution in [0.3, 0.4) is 0 Å². The Morgan fingerprint density at radius 2 is 1.76 bits per heavy atom. The Hall–Kier alpha value is -2.89. The van der Waals surface area contributed by atoms with E-state index in [1.165, 1.54) is 16.2 Å². The van der Waals surface area contributed by atoms with Crippen LogP contribution in [0, 0.1) is 0 Å². The van der Waals surface area contributed by atoms with Crippen molar-refractivity contribution < 1.29 is 14.7 Å². The molecule has 0 saturated heterocycles. The number of Topliss-reactive ketones (excluding diaryl/α,β-unsaturated/α-hetero) is 1. The van der Waals surface area contributed by atoms with E-state index in [1.807, 2.05) is 36.4 Å². The number of halogens is 1. The molecule has 29 heavy (non-hydrogen) atoms. The van der Waals surface area contributed by atoms with Crippen LogP contribution < -0.4 is 0 Å². The molecule has 1 N–H and O–H groups in total. The van der Waals surface area contributed by atoms with Gasteiger partial charge in [0, 0.05) is 11.6 Å². The average molecular weight is 424 g/mol. The summed E-state index contributed by atoms with van der Waals surface area (Å²) in [7, 11) is 0. The van der Waals surface area contributed by atoms with E-state index < -0.39 is 17.7 Å². The zero-order valence-electron chi connectivity index (χ0n) is 15.4. The van der Waals surface area contributed by atoms with E-state index in [1.54, 1.807) is 35.7 Å². The van der Waals surface area contributed by atoms with Gasteiger partial charge in [-0.1, -0.05) is 66.2 Å². The summed E-state index contributed by atoms with van der Waals surface area (Å²) in [6.45, 7) is 0.351. The number of benzene rings is 2. The van der Waals surface area contributed by atoms with Gasteiger partial charge in [-0.3, -0.25) is 9.59 Å². The summed E-state index contributed by atoms with van der Waals surface area (Å²) < 4.78 is 0. The van der Waals surface area contributed by atoms with Crippen LogP contribution in [-0.2, 0) is 11.2 Å². The first-order chi connectivity index (χ1) is 14.1. The number of hydrogen-bond acceptors (Lipinski definition) is 4. The van der Waals surface area contributed by atoms with Gasteiger partial charge in [0.25, 0.3) is 5.91 Å². The molecule has 4 nitrogen and oxygen atoms in total. The summed E-state index contributed by atoms with van der Waals surface area (Å²) in [5.41, 5.74) is 1.77. The second-order valence-corrected chi connectivity index (χ2v) is 8.08. The van der Waals surface area contributed by atoms with Crippen LogP contribution in [0.2, 0.25) is 5.02 Å². The van der Waals surface area contributed by atoms with Gasteiger partial charge in [-0.25, -0.2) is 0 Å². The van der Waals surface area contributed by atoms with Crippen LogP contribution >= 0.6 is 22.9 Å². The highest BCUT2D eigenvalue weighted by Gasteiger charge is 2.44. The molecule has 3 aromatic rings. The maximum absolute atomic E-state index is 13.1. The minimum absolute atomic E-state index is 0.0820. The van der Waals surface area contributed by atoms with Gasteiger partial charge in [0.05, 0.1) is 16.5 Å². The van der Waals surface area contributed by atoms with Gasteiger partial charge in [-0.05, 0) is 35.1 Å². The third-order valence-electron chi connectivity index (χ3n) is 4.98. The number of aliphatic hydroxyl groups is 1. The molecule has 2 aromatic carbocycles. The van der Waals surface area contributed by atoms with E-state index >= 15 is 0 Å². The Morgan fingerprint density at radius 1 is 1.03 bits per heavy atom. The average Bonchev–Trinajstić information content (AvgIpc) is 3.35. The van der Waals surface area contributed by atoms with E-state index in [2.05, 4.69) is 0 Å². The van der Waals surface area contributed by atoms with Gasteiger partial charge in [0.15, 0.2) is 5.76 Å². The van der Waals surface area contributed by atoms with E-state index in [4.69, 9.17) is 11.6 Å². The van der Waals surface area contributed by atoms with Crippen molar-refractivity contribution in [2.45, 2.75) is 12.5 Å². The lowest BCUT2D eigenvalue weighted by Crippen LogP contribution is -2.33. The molecule has 4 rings (SSSR count). The molecule has 1 unspecified atom stereocenters. The second-order valence-electron chi connectivity index (χ2n) is 6.73. The van der Waals surface area contributed by atoms with Crippen molar-refractivity contribution in [1.82, 2.24) is 4.90 Å². The van der Waals surface area contributed by atoms with Crippen LogP contribution in [0.1, 0.15) is 26.8 Å². The summed E-state index contributed by atoms with van der Waals surface area (Å²) >= 11 is 7.70. The maximum Gasteiger partial charge on any atom is 0.290 e. The molecule has 0 saturated carbocycles. The fraction of sp³-hybridized carbons (Fsp3) is 0.130. The number of rotatable bonds is 6. The summed E-state index contributed by atoms with van der Waals surface area (Å²) in [5.74, 6) is -1.40. The fourth-order valence-electron chi connectivity index (χ4n) is 3.57. The van der Waals surface area contributed by atoms with Gasteiger partial charge in [0.1, 0.15) is 0 Å². The van der Waals surface area contributed by atoms with Crippen LogP contribution in [0.5, 0.6) is 0 Å². The minimum Gasteiger partial charge on any atom is -0.503 e. The first-order valence-electron chi connectivity index (χ1n) is 9.18. The van der Waals surface area contributed by atoms with Crippen molar-refractivity contribution >= 4 is 34.6 Å². The highest BCUT2D eigenvalue weighted by atomic mass is 35.5. The molecule has 1 aliphatic rings. The molecular formula is C23H18ClNO3S. The smallest absolute Gasteiger partial charge is 0.290 e. The lowest BCUT2D eigenvalue weighted by Gasteiger charge is -2.27. The summed E-state index contributed by atoms with van der Waals surface area (Å²) in [6.07, 6.45) is 0.598. The van der Waals surface area contributed by atoms with Gasteiger partial charge in [0.2, 0.25) is 5.78 Å². The largest absolute Gasteiger partial charge is 0.503 e. The van der Waals surface area contributed by atoms with Crippen LogP contribution in [0.15, 0.2) is 83.4 Å². The van der Waals surface area contributed by atoms with E-state index in [-0.39, 0.29) is 11.4 Å². The van der Waals surface area contributed by atoms with E-state index in [9.17, 15) is 14.7 Å². The number of carbonyl (C=O) groups is 2. The Bertz CT molecular complexity index is 1080. The van der Waals surface area contributed by atoms with Crippen molar-refractivity contribution in [2.24, 2.45) is 0 Å². The number of carbonyl (C=O) groups excluding carboxylic acids is 2. The maximum atomic E-state index is 13.1. The number of ketones is 1. The predicted molar refractivity (Wildman–Crippen MR) is 114 cm³/mol. The third-order valence-corrected chi connectivity index (χ3v) is 6.19. The Labute approximate surface area is 177 Å². The number of nitrogens with zero attached hydrogens (tertiary/aromatic N) is 1. The number of hydrogen-bond donors (Lipinski definition) is 1. The van der Waals surface area contributed by atoms with Crippen molar-refractivity contribution in [1.29, 1.82) is 0 Å². The molecule has 1 aromatic heterocycles. The lowest BCUT2D eigenvalue weighted by molar-refractivity contribution is -0.129. The fourth-order valence-corrected chi connectivity index (χ4v) is 4.49. The quantitative estimate of drug-likeness (QED) is 0.553. The van der Waals surface area contributed by atoms with Gasteiger partial charge in [-0.2, -0.15) is 0 Å².